The average Bonchev–Trinajstić information content (AvgIpc) is 3.29. The monoisotopic (exact) mass is 1000 g/mol. The third-order valence-corrected chi connectivity index (χ3v) is 12.0. The summed E-state index contributed by atoms with van der Waals surface area (Å²) in [5.41, 5.74) is 0. The Morgan fingerprint density at radius 1 is 0.529 bits per heavy atom. The van der Waals surface area contributed by atoms with Gasteiger partial charge in [-0.05, 0) is 83.5 Å². The Kier molecular flexibility index (Phi) is 36.1. The van der Waals surface area contributed by atoms with Crippen LogP contribution in [0.25, 0.3) is 0 Å². The van der Waals surface area contributed by atoms with Crippen LogP contribution in [0.1, 0.15) is 149 Å². The maximum atomic E-state index is 13.0. The van der Waals surface area contributed by atoms with Gasteiger partial charge in [-0.2, -0.15) is 0 Å². The van der Waals surface area contributed by atoms with Crippen LogP contribution in [0.3, 0.4) is 0 Å². The Hall–Kier alpha value is -2.86. The van der Waals surface area contributed by atoms with Crippen molar-refractivity contribution in [1.29, 1.82) is 0 Å². The first-order valence-electron chi connectivity index (χ1n) is 24.2. The minimum Gasteiger partial charge on any atom is -0.462 e. The van der Waals surface area contributed by atoms with Crippen molar-refractivity contribution in [2.75, 3.05) is 13.2 Å². The first-order valence-corrected chi connectivity index (χ1v) is 27.3. The van der Waals surface area contributed by atoms with Crippen LogP contribution >= 0.6 is 15.6 Å². The highest BCUT2D eigenvalue weighted by atomic mass is 31.2. The lowest BCUT2D eigenvalue weighted by Gasteiger charge is -2.43. The standard InChI is InChI=1S/C49H82O17P2/c1-3-5-7-8-9-10-11-12-13-14-15-16-20-23-26-29-32-36-42(51)62-38-41(39-63-68(60,61)66-49-46(55)44(53)45(54)48(47(49)56)65-67(57,58)59)64-43(52)37-33-30-27-24-21-18-17-19-22-25-28-31-35-40(50)34-6-4-2/h9-10,12-13,15-18,22,24-25,27,31,35,40-41,44-50,53-56H,3-8,11,14,19-21,23,26,28-30,32-34,36-39H2,1-2H3,(H,60,61)(H2,57,58,59)/b10-9-,13-12-,16-15-,18-17-,25-22-,27-24-,35-31-/t40-,41-,44?,45?,46?,47?,48-,49+/m1/s1. The minimum atomic E-state index is -5.38. The molecular weight excluding hydrogens is 922 g/mol. The van der Waals surface area contributed by atoms with Crippen LogP contribution in [0.4, 0.5) is 0 Å². The first kappa shape index (κ1) is 63.2. The van der Waals surface area contributed by atoms with Gasteiger partial charge in [0.25, 0.3) is 0 Å². The molecule has 1 fully saturated rings. The van der Waals surface area contributed by atoms with E-state index in [1.807, 2.05) is 48.6 Å². The second-order valence-electron chi connectivity index (χ2n) is 16.6. The molecule has 1 saturated carbocycles. The predicted molar refractivity (Wildman–Crippen MR) is 261 cm³/mol. The smallest absolute Gasteiger partial charge is 0.462 e. The molecule has 0 amide bonds. The van der Waals surface area contributed by atoms with Crippen LogP contribution in [0, 0.1) is 0 Å². The van der Waals surface area contributed by atoms with Crippen LogP contribution in [-0.4, -0.2) is 114 Å². The largest absolute Gasteiger partial charge is 0.472 e. The number of unbranched alkanes of at least 4 members (excludes halogenated alkanes) is 9. The Morgan fingerprint density at radius 3 is 1.54 bits per heavy atom. The second kappa shape index (κ2) is 38.8. The Labute approximate surface area is 404 Å². The van der Waals surface area contributed by atoms with Gasteiger partial charge in [0.05, 0.1) is 12.7 Å². The molecule has 0 heterocycles. The van der Waals surface area contributed by atoms with Crippen molar-refractivity contribution in [2.24, 2.45) is 0 Å². The molecule has 0 aliphatic heterocycles. The molecule has 19 heteroatoms. The van der Waals surface area contributed by atoms with Crippen molar-refractivity contribution in [3.8, 4) is 0 Å². The van der Waals surface area contributed by atoms with Gasteiger partial charge in [0.15, 0.2) is 6.10 Å². The number of phosphoric ester groups is 2. The van der Waals surface area contributed by atoms with Gasteiger partial charge in [-0.15, -0.1) is 0 Å². The van der Waals surface area contributed by atoms with E-state index < -0.39 is 89.6 Å². The van der Waals surface area contributed by atoms with E-state index in [9.17, 15) is 58.9 Å². The molecule has 390 valence electrons. The highest BCUT2D eigenvalue weighted by Crippen LogP contribution is 2.49. The molecule has 1 rings (SSSR count). The summed E-state index contributed by atoms with van der Waals surface area (Å²) in [6.45, 7) is 2.85. The molecule has 17 nitrogen and oxygen atoms in total. The molecule has 68 heavy (non-hydrogen) atoms. The molecule has 0 spiro atoms. The molecule has 0 radical (unpaired) electrons. The van der Waals surface area contributed by atoms with E-state index in [-0.39, 0.29) is 12.8 Å². The average molecular weight is 1010 g/mol. The van der Waals surface area contributed by atoms with Crippen molar-refractivity contribution < 1.29 is 82.0 Å². The normalized spacial score (nSPS) is 22.4. The summed E-state index contributed by atoms with van der Waals surface area (Å²) in [5.74, 6) is -1.33. The molecular formula is C49H82O17P2. The zero-order chi connectivity index (χ0) is 50.5. The number of hydrogen-bond donors (Lipinski definition) is 8. The summed E-state index contributed by atoms with van der Waals surface area (Å²) in [4.78, 5) is 54.3. The maximum Gasteiger partial charge on any atom is 0.472 e. The highest BCUT2D eigenvalue weighted by Gasteiger charge is 2.54. The Bertz CT molecular complexity index is 1650. The van der Waals surface area contributed by atoms with Crippen molar-refractivity contribution in [1.82, 2.24) is 0 Å². The van der Waals surface area contributed by atoms with E-state index in [1.165, 1.54) is 19.3 Å². The highest BCUT2D eigenvalue weighted by molar-refractivity contribution is 7.47. The molecule has 0 bridgehead atoms. The van der Waals surface area contributed by atoms with Crippen molar-refractivity contribution in [3.63, 3.8) is 0 Å². The van der Waals surface area contributed by atoms with E-state index >= 15 is 0 Å². The number of phosphoric acid groups is 2. The van der Waals surface area contributed by atoms with Gasteiger partial charge in [-0.25, -0.2) is 9.13 Å². The van der Waals surface area contributed by atoms with Crippen molar-refractivity contribution >= 4 is 27.6 Å². The molecule has 0 saturated heterocycles. The lowest BCUT2D eigenvalue weighted by molar-refractivity contribution is -0.216. The number of aliphatic hydroxyl groups excluding tert-OH is 5. The molecule has 0 aromatic rings. The van der Waals surface area contributed by atoms with E-state index in [0.717, 1.165) is 77.0 Å². The SMILES string of the molecule is CCCCC/C=C\C/C=C\C/C=C\CCCCCCC(=O)OC[C@H](COP(=O)(O)O[C@H]1C(O)C(O)C(O)[C@@H](OP(=O)(O)O)C1O)OC(=O)CCC/C=C\C/C=C\C/C=C\C/C=C\[C@H](O)CCCC. The van der Waals surface area contributed by atoms with Gasteiger partial charge >= 0.3 is 27.6 Å². The summed E-state index contributed by atoms with van der Waals surface area (Å²) in [6.07, 6.45) is 30.1. The van der Waals surface area contributed by atoms with Crippen molar-refractivity contribution in [3.05, 3.63) is 85.1 Å². The van der Waals surface area contributed by atoms with Crippen LogP contribution < -0.4 is 0 Å². The molecule has 0 aromatic heterocycles. The fourth-order valence-electron chi connectivity index (χ4n) is 6.69. The lowest BCUT2D eigenvalue weighted by Crippen LogP contribution is -2.64. The maximum absolute atomic E-state index is 13.0. The van der Waals surface area contributed by atoms with E-state index in [2.05, 4.69) is 54.8 Å². The van der Waals surface area contributed by atoms with Gasteiger partial charge in [-0.3, -0.25) is 23.2 Å². The fourth-order valence-corrected chi connectivity index (χ4v) is 8.23. The molecule has 5 unspecified atom stereocenters. The number of carbonyl (C=O) groups excluding carboxylic acids is 2. The first-order chi connectivity index (χ1) is 32.5. The molecule has 1 aliphatic rings. The van der Waals surface area contributed by atoms with Crippen LogP contribution in [0.2, 0.25) is 0 Å². The third kappa shape index (κ3) is 32.9. The fraction of sp³-hybridized carbons (Fsp3) is 0.673. The molecule has 0 aromatic carbocycles. The Morgan fingerprint density at radius 2 is 1.00 bits per heavy atom. The summed E-state index contributed by atoms with van der Waals surface area (Å²) in [5, 5.41) is 51.1. The van der Waals surface area contributed by atoms with Crippen LogP contribution in [0.15, 0.2) is 85.1 Å². The van der Waals surface area contributed by atoms with Crippen LogP contribution in [-0.2, 0) is 41.8 Å². The number of carbonyl (C=O) groups is 2. The zero-order valence-corrected chi connectivity index (χ0v) is 41.9. The summed E-state index contributed by atoms with van der Waals surface area (Å²) < 4.78 is 49.3. The lowest BCUT2D eigenvalue weighted by atomic mass is 9.85. The van der Waals surface area contributed by atoms with Gasteiger partial charge in [0.1, 0.15) is 43.2 Å². The molecule has 9 atom stereocenters. The third-order valence-electron chi connectivity index (χ3n) is 10.5. The van der Waals surface area contributed by atoms with Crippen molar-refractivity contribution in [2.45, 2.75) is 198 Å². The topological polar surface area (TPSA) is 276 Å². The number of hydrogen-bond acceptors (Lipinski definition) is 14. The number of rotatable bonds is 39. The number of allylic oxidation sites excluding steroid dienone is 13. The van der Waals surface area contributed by atoms with Gasteiger partial charge in [0, 0.05) is 12.8 Å². The Balaban J connectivity index is 2.66. The molecule has 1 aliphatic carbocycles. The van der Waals surface area contributed by atoms with Crippen LogP contribution in [0.5, 0.6) is 0 Å². The van der Waals surface area contributed by atoms with E-state index in [0.29, 0.717) is 25.7 Å². The minimum absolute atomic E-state index is 0.0584. The summed E-state index contributed by atoms with van der Waals surface area (Å²) in [6, 6.07) is 0. The predicted octanol–water partition coefficient (Wildman–Crippen LogP) is 8.36. The number of esters is 2. The summed E-state index contributed by atoms with van der Waals surface area (Å²) in [7, 11) is -10.7. The molecule has 8 N–H and O–H groups in total. The van der Waals surface area contributed by atoms with Gasteiger partial charge in [-0.1, -0.05) is 137 Å². The van der Waals surface area contributed by atoms with Gasteiger partial charge in [0.2, 0.25) is 0 Å². The zero-order valence-electron chi connectivity index (χ0n) is 40.1. The van der Waals surface area contributed by atoms with E-state index in [4.69, 9.17) is 18.5 Å². The number of ether oxygens (including phenoxy) is 2. The second-order valence-corrected chi connectivity index (χ2v) is 19.2. The van der Waals surface area contributed by atoms with Gasteiger partial charge < -0.3 is 49.7 Å². The number of aliphatic hydroxyl groups is 5. The van der Waals surface area contributed by atoms with E-state index in [1.54, 1.807) is 0 Å². The summed E-state index contributed by atoms with van der Waals surface area (Å²) >= 11 is 0. The quantitative estimate of drug-likeness (QED) is 0.0124.